The van der Waals surface area contributed by atoms with E-state index >= 15 is 0 Å². The molecule has 1 saturated carbocycles. The normalized spacial score (nSPS) is 24.5. The molecule has 1 aliphatic rings. The first-order valence-corrected chi connectivity index (χ1v) is 7.21. The van der Waals surface area contributed by atoms with Crippen LogP contribution in [0.1, 0.15) is 36.4 Å². The minimum Gasteiger partial charge on any atom is -0.312 e. The summed E-state index contributed by atoms with van der Waals surface area (Å²) in [5.41, 5.74) is 1.17. The van der Waals surface area contributed by atoms with E-state index in [9.17, 15) is 0 Å². The predicted molar refractivity (Wildman–Crippen MR) is 69.9 cm³/mol. The van der Waals surface area contributed by atoms with Crippen molar-refractivity contribution in [3.05, 3.63) is 16.1 Å². The molecule has 0 amide bonds. The summed E-state index contributed by atoms with van der Waals surface area (Å²) in [6.07, 6.45) is 5.64. The first kappa shape index (κ1) is 12.5. The summed E-state index contributed by atoms with van der Waals surface area (Å²) >= 11 is 1.70. The van der Waals surface area contributed by atoms with Gasteiger partial charge in [0.2, 0.25) is 0 Å². The molecule has 92 valence electrons. The highest BCUT2D eigenvalue weighted by molar-refractivity contribution is 7.09. The van der Waals surface area contributed by atoms with Crippen molar-refractivity contribution in [3.8, 4) is 6.07 Å². The van der Waals surface area contributed by atoms with Crippen molar-refractivity contribution in [2.75, 3.05) is 6.54 Å². The molecular weight excluding hydrogens is 230 g/mol. The lowest BCUT2D eigenvalue weighted by atomic mass is 9.85. The van der Waals surface area contributed by atoms with E-state index in [0.717, 1.165) is 30.8 Å². The molecule has 0 bridgehead atoms. The second-order valence-corrected chi connectivity index (χ2v) is 5.75. The Morgan fingerprint density at radius 1 is 1.53 bits per heavy atom. The van der Waals surface area contributed by atoms with Crippen LogP contribution < -0.4 is 5.32 Å². The molecule has 4 heteroatoms. The molecule has 0 aromatic carbocycles. The van der Waals surface area contributed by atoms with Crippen molar-refractivity contribution in [1.29, 1.82) is 5.26 Å². The molecule has 1 aliphatic carbocycles. The number of nitriles is 1. The number of nitrogens with zero attached hydrogens (tertiary/aromatic N) is 2. The minimum absolute atomic E-state index is 0.209. The van der Waals surface area contributed by atoms with E-state index in [2.05, 4.69) is 21.8 Å². The second-order valence-electron chi connectivity index (χ2n) is 4.69. The van der Waals surface area contributed by atoms with Crippen molar-refractivity contribution in [2.45, 2.75) is 45.1 Å². The number of thiazole rings is 1. The molecule has 1 heterocycles. The zero-order valence-corrected chi connectivity index (χ0v) is 11.1. The van der Waals surface area contributed by atoms with Gasteiger partial charge in [0.1, 0.15) is 0 Å². The Labute approximate surface area is 107 Å². The summed E-state index contributed by atoms with van der Waals surface area (Å²) in [5.74, 6) is 0.209. The highest BCUT2D eigenvalue weighted by Crippen LogP contribution is 2.23. The third-order valence-electron chi connectivity index (χ3n) is 3.39. The summed E-state index contributed by atoms with van der Waals surface area (Å²) in [6, 6.07) is 2.83. The smallest absolute Gasteiger partial charge is 0.0897 e. The minimum atomic E-state index is 0.209. The summed E-state index contributed by atoms with van der Waals surface area (Å²) in [5, 5.41) is 15.9. The molecule has 0 aliphatic heterocycles. The third-order valence-corrected chi connectivity index (χ3v) is 4.21. The molecular formula is C13H19N3S. The number of rotatable bonds is 4. The Hall–Kier alpha value is -0.920. The quantitative estimate of drug-likeness (QED) is 0.892. The molecule has 1 fully saturated rings. The molecule has 1 aromatic heterocycles. The van der Waals surface area contributed by atoms with Crippen molar-refractivity contribution < 1.29 is 0 Å². The monoisotopic (exact) mass is 249 g/mol. The van der Waals surface area contributed by atoms with Crippen LogP contribution in [0.4, 0.5) is 0 Å². The van der Waals surface area contributed by atoms with Crippen LogP contribution in [0, 0.1) is 24.2 Å². The van der Waals surface area contributed by atoms with Gasteiger partial charge in [0.15, 0.2) is 0 Å². The van der Waals surface area contributed by atoms with Crippen molar-refractivity contribution in [1.82, 2.24) is 10.3 Å². The van der Waals surface area contributed by atoms with Crippen LogP contribution in [0.3, 0.4) is 0 Å². The lowest BCUT2D eigenvalue weighted by molar-refractivity contribution is 0.314. The van der Waals surface area contributed by atoms with Crippen LogP contribution in [-0.4, -0.2) is 17.6 Å². The molecule has 17 heavy (non-hydrogen) atoms. The topological polar surface area (TPSA) is 48.7 Å². The van der Waals surface area contributed by atoms with E-state index < -0.39 is 0 Å². The first-order chi connectivity index (χ1) is 8.29. The van der Waals surface area contributed by atoms with Crippen molar-refractivity contribution >= 4 is 11.3 Å². The van der Waals surface area contributed by atoms with Gasteiger partial charge in [-0.15, -0.1) is 11.3 Å². The Kier molecular flexibility index (Phi) is 4.52. The summed E-state index contributed by atoms with van der Waals surface area (Å²) < 4.78 is 0. The maximum absolute atomic E-state index is 9.08. The van der Waals surface area contributed by atoms with Crippen molar-refractivity contribution in [3.63, 3.8) is 0 Å². The van der Waals surface area contributed by atoms with E-state index in [1.54, 1.807) is 11.3 Å². The summed E-state index contributed by atoms with van der Waals surface area (Å²) in [6.45, 7) is 2.97. The standard InChI is InChI=1S/C13H19N3S/c1-10-16-12(9-17-10)6-7-15-13-5-3-2-4-11(13)8-14/h9,11,13,15H,2-7H2,1H3. The molecule has 0 saturated heterocycles. The number of aryl methyl sites for hydroxylation is 1. The van der Waals surface area contributed by atoms with Crippen LogP contribution in [0.5, 0.6) is 0 Å². The fourth-order valence-corrected chi connectivity index (χ4v) is 3.09. The molecule has 1 aromatic rings. The average Bonchev–Trinajstić information content (AvgIpc) is 2.76. The lowest BCUT2D eigenvalue weighted by Gasteiger charge is -2.27. The van der Waals surface area contributed by atoms with Crippen LogP contribution in [0.25, 0.3) is 0 Å². The van der Waals surface area contributed by atoms with Gasteiger partial charge in [-0.1, -0.05) is 12.8 Å². The molecule has 2 rings (SSSR count). The molecule has 2 atom stereocenters. The van der Waals surface area contributed by atoms with Gasteiger partial charge in [0, 0.05) is 24.4 Å². The van der Waals surface area contributed by atoms with Crippen LogP contribution in [-0.2, 0) is 6.42 Å². The summed E-state index contributed by atoms with van der Waals surface area (Å²) in [4.78, 5) is 4.45. The van der Waals surface area contributed by atoms with Gasteiger partial charge in [0.25, 0.3) is 0 Å². The molecule has 2 unspecified atom stereocenters. The molecule has 0 spiro atoms. The van der Waals surface area contributed by atoms with Crippen LogP contribution in [0.2, 0.25) is 0 Å². The number of hydrogen-bond acceptors (Lipinski definition) is 4. The van der Waals surface area contributed by atoms with Gasteiger partial charge in [-0.2, -0.15) is 5.26 Å². The largest absolute Gasteiger partial charge is 0.312 e. The highest BCUT2D eigenvalue weighted by atomic mass is 32.1. The van der Waals surface area contributed by atoms with E-state index in [4.69, 9.17) is 5.26 Å². The molecule has 3 nitrogen and oxygen atoms in total. The van der Waals surface area contributed by atoms with Gasteiger partial charge in [0.05, 0.1) is 22.7 Å². The van der Waals surface area contributed by atoms with Gasteiger partial charge >= 0.3 is 0 Å². The van der Waals surface area contributed by atoms with Crippen LogP contribution >= 0.6 is 11.3 Å². The number of nitrogens with one attached hydrogen (secondary N) is 1. The van der Waals surface area contributed by atoms with Gasteiger partial charge in [-0.3, -0.25) is 0 Å². The zero-order chi connectivity index (χ0) is 12.1. The lowest BCUT2D eigenvalue weighted by Crippen LogP contribution is -2.38. The van der Waals surface area contributed by atoms with E-state index in [0.29, 0.717) is 6.04 Å². The Bertz CT molecular complexity index is 394. The molecule has 1 N–H and O–H groups in total. The fourth-order valence-electron chi connectivity index (χ4n) is 2.44. The predicted octanol–water partition coefficient (Wildman–Crippen LogP) is 2.67. The summed E-state index contributed by atoms with van der Waals surface area (Å²) in [7, 11) is 0. The Balaban J connectivity index is 1.76. The zero-order valence-electron chi connectivity index (χ0n) is 10.3. The van der Waals surface area contributed by atoms with Crippen molar-refractivity contribution in [2.24, 2.45) is 5.92 Å². The third kappa shape index (κ3) is 3.52. The first-order valence-electron chi connectivity index (χ1n) is 6.33. The second kappa shape index (κ2) is 6.13. The van der Waals surface area contributed by atoms with E-state index in [-0.39, 0.29) is 5.92 Å². The molecule has 0 radical (unpaired) electrons. The van der Waals surface area contributed by atoms with Gasteiger partial charge in [-0.05, 0) is 19.8 Å². The van der Waals surface area contributed by atoms with Gasteiger partial charge < -0.3 is 5.32 Å². The Morgan fingerprint density at radius 3 is 3.06 bits per heavy atom. The number of hydrogen-bond donors (Lipinski definition) is 1. The highest BCUT2D eigenvalue weighted by Gasteiger charge is 2.23. The average molecular weight is 249 g/mol. The van der Waals surface area contributed by atoms with Crippen LogP contribution in [0.15, 0.2) is 5.38 Å². The SMILES string of the molecule is Cc1nc(CCNC2CCCCC2C#N)cs1. The maximum atomic E-state index is 9.08. The van der Waals surface area contributed by atoms with E-state index in [1.807, 2.05) is 6.92 Å². The van der Waals surface area contributed by atoms with Gasteiger partial charge in [-0.25, -0.2) is 4.98 Å². The van der Waals surface area contributed by atoms with E-state index in [1.165, 1.54) is 18.5 Å². The Morgan fingerprint density at radius 2 is 2.35 bits per heavy atom. The fraction of sp³-hybridized carbons (Fsp3) is 0.692. The maximum Gasteiger partial charge on any atom is 0.0897 e. The number of aromatic nitrogens is 1.